The van der Waals surface area contributed by atoms with Crippen molar-refractivity contribution in [1.29, 1.82) is 0 Å². The first-order valence-corrected chi connectivity index (χ1v) is 25.0. The molecule has 1 aliphatic heterocycles. The standard InChI is InChI=1S/C49H57NO8SSi/c1-49(2,3)60(4,5)57-31-30-41-40-28-18-19-29-42(40)50(59(52,53)39-26-16-9-17-27-39)44(41)47-45(51)48(56-34-38-24-14-8-15-25-38)46(55-33-37-22-12-7-13-23-37)43(58-47)35-54-32-36-20-10-6-11-21-36/h6-29,43,45-48,51H,30-35H2,1-5H3/t43-,45-,46-,47-,48-/m0/s1. The molecule has 7 rings (SSSR count). The van der Waals surface area contributed by atoms with Gasteiger partial charge in [-0.2, -0.15) is 0 Å². The molecule has 1 aliphatic rings. The lowest BCUT2D eigenvalue weighted by Gasteiger charge is -2.45. The van der Waals surface area contributed by atoms with Gasteiger partial charge in [-0.25, -0.2) is 12.4 Å². The van der Waals surface area contributed by atoms with Crippen LogP contribution in [0, 0.1) is 0 Å². The zero-order chi connectivity index (χ0) is 42.3. The number of hydrogen-bond acceptors (Lipinski definition) is 8. The third kappa shape index (κ3) is 9.85. The average molecular weight is 848 g/mol. The fourth-order valence-electron chi connectivity index (χ4n) is 7.51. The van der Waals surface area contributed by atoms with E-state index in [2.05, 4.69) is 33.9 Å². The molecule has 0 amide bonds. The van der Waals surface area contributed by atoms with E-state index < -0.39 is 48.9 Å². The highest BCUT2D eigenvalue weighted by molar-refractivity contribution is 7.90. The minimum atomic E-state index is -4.24. The molecule has 0 bridgehead atoms. The Labute approximate surface area is 356 Å². The summed E-state index contributed by atoms with van der Waals surface area (Å²) < 4.78 is 65.0. The highest BCUT2D eigenvalue weighted by Gasteiger charge is 2.50. The van der Waals surface area contributed by atoms with Crippen molar-refractivity contribution in [3.63, 3.8) is 0 Å². The minimum Gasteiger partial charge on any atom is -0.416 e. The van der Waals surface area contributed by atoms with Crippen molar-refractivity contribution in [3.8, 4) is 0 Å². The number of aliphatic hydroxyl groups excluding tert-OH is 1. The summed E-state index contributed by atoms with van der Waals surface area (Å²) >= 11 is 0. The van der Waals surface area contributed by atoms with Crippen molar-refractivity contribution in [2.75, 3.05) is 13.2 Å². The Hall–Kier alpha value is -4.43. The van der Waals surface area contributed by atoms with E-state index in [4.69, 9.17) is 23.4 Å². The van der Waals surface area contributed by atoms with Crippen LogP contribution in [0.4, 0.5) is 0 Å². The molecular weight excluding hydrogens is 791 g/mol. The van der Waals surface area contributed by atoms with Crippen LogP contribution in [0.3, 0.4) is 0 Å². The molecule has 0 aliphatic carbocycles. The first kappa shape index (κ1) is 43.6. The summed E-state index contributed by atoms with van der Waals surface area (Å²) in [5.74, 6) is 0. The molecule has 0 radical (unpaired) electrons. The molecule has 6 aromatic rings. The lowest BCUT2D eigenvalue weighted by atomic mass is 9.91. The molecule has 0 spiro atoms. The van der Waals surface area contributed by atoms with Crippen LogP contribution in [0.15, 0.2) is 150 Å². The van der Waals surface area contributed by atoms with Crippen LogP contribution in [-0.2, 0) is 59.6 Å². The second-order valence-corrected chi connectivity index (χ2v) is 23.5. The summed E-state index contributed by atoms with van der Waals surface area (Å²) in [5, 5.41) is 13.5. The van der Waals surface area contributed by atoms with E-state index in [9.17, 15) is 5.11 Å². The van der Waals surface area contributed by atoms with Crippen molar-refractivity contribution in [3.05, 3.63) is 174 Å². The normalized spacial score (nSPS) is 20.1. The summed E-state index contributed by atoms with van der Waals surface area (Å²) in [5.41, 5.74) is 4.38. The van der Waals surface area contributed by atoms with Gasteiger partial charge in [-0.1, -0.05) is 148 Å². The second-order valence-electron chi connectivity index (χ2n) is 16.9. The quantitative estimate of drug-likeness (QED) is 0.0906. The Morgan fingerprint density at radius 3 is 1.75 bits per heavy atom. The molecule has 1 N–H and O–H groups in total. The molecule has 0 unspecified atom stereocenters. The maximum atomic E-state index is 15.0. The van der Waals surface area contributed by atoms with Gasteiger partial charge in [0.1, 0.15) is 30.5 Å². The molecular formula is C49H57NO8SSi. The number of hydrogen-bond donors (Lipinski definition) is 1. The zero-order valence-electron chi connectivity index (χ0n) is 35.1. The van der Waals surface area contributed by atoms with Gasteiger partial charge >= 0.3 is 0 Å². The highest BCUT2D eigenvalue weighted by Crippen LogP contribution is 2.43. The number of aliphatic hydroxyl groups is 1. The van der Waals surface area contributed by atoms with Gasteiger partial charge < -0.3 is 28.5 Å². The van der Waals surface area contributed by atoms with Gasteiger partial charge in [0.2, 0.25) is 0 Å². The van der Waals surface area contributed by atoms with Crippen LogP contribution in [0.1, 0.15) is 54.8 Å². The minimum absolute atomic E-state index is 0.0335. The van der Waals surface area contributed by atoms with Crippen molar-refractivity contribution in [2.45, 2.75) is 101 Å². The Morgan fingerprint density at radius 1 is 0.683 bits per heavy atom. The fourth-order valence-corrected chi connectivity index (χ4v) is 10.2. The van der Waals surface area contributed by atoms with Crippen LogP contribution >= 0.6 is 0 Å². The van der Waals surface area contributed by atoms with Crippen LogP contribution in [0.5, 0.6) is 0 Å². The average Bonchev–Trinajstić information content (AvgIpc) is 3.58. The number of ether oxygens (including phenoxy) is 4. The van der Waals surface area contributed by atoms with Crippen molar-refractivity contribution < 1.29 is 36.9 Å². The summed E-state index contributed by atoms with van der Waals surface area (Å²) in [7, 11) is -6.43. The van der Waals surface area contributed by atoms with E-state index in [0.717, 1.165) is 27.6 Å². The summed E-state index contributed by atoms with van der Waals surface area (Å²) in [6, 6.07) is 45.3. The molecule has 2 heterocycles. The summed E-state index contributed by atoms with van der Waals surface area (Å²) in [6.07, 6.45) is -4.71. The maximum absolute atomic E-state index is 15.0. The van der Waals surface area contributed by atoms with E-state index in [1.54, 1.807) is 30.3 Å². The molecule has 1 saturated heterocycles. The van der Waals surface area contributed by atoms with E-state index in [0.29, 0.717) is 30.8 Å². The van der Waals surface area contributed by atoms with Crippen LogP contribution in [-0.4, -0.2) is 63.4 Å². The number of fused-ring (bicyclic) bond motifs is 1. The summed E-state index contributed by atoms with van der Waals surface area (Å²) in [6.45, 7) is 12.1. The first-order valence-electron chi connectivity index (χ1n) is 20.7. The molecule has 0 saturated carbocycles. The molecule has 316 valence electrons. The highest BCUT2D eigenvalue weighted by atomic mass is 32.2. The fraction of sp³-hybridized carbons (Fsp3) is 0.347. The van der Waals surface area contributed by atoms with Crippen LogP contribution < -0.4 is 0 Å². The number of benzene rings is 5. The monoisotopic (exact) mass is 847 g/mol. The smallest absolute Gasteiger partial charge is 0.268 e. The van der Waals surface area contributed by atoms with Crippen molar-refractivity contribution in [2.24, 2.45) is 0 Å². The van der Waals surface area contributed by atoms with Gasteiger partial charge in [0.25, 0.3) is 10.0 Å². The predicted molar refractivity (Wildman–Crippen MR) is 238 cm³/mol. The van der Waals surface area contributed by atoms with Gasteiger partial charge in [-0.3, -0.25) is 0 Å². The van der Waals surface area contributed by atoms with E-state index >= 15 is 8.42 Å². The van der Waals surface area contributed by atoms with Crippen LogP contribution in [0.2, 0.25) is 18.1 Å². The zero-order valence-corrected chi connectivity index (χ0v) is 37.0. The van der Waals surface area contributed by atoms with Gasteiger partial charge in [0.15, 0.2) is 8.32 Å². The van der Waals surface area contributed by atoms with Gasteiger partial charge in [0, 0.05) is 12.0 Å². The molecule has 11 heteroatoms. The number of para-hydroxylation sites is 1. The van der Waals surface area contributed by atoms with E-state index in [1.807, 2.05) is 115 Å². The lowest BCUT2D eigenvalue weighted by Crippen LogP contribution is -2.58. The first-order chi connectivity index (χ1) is 28.8. The van der Waals surface area contributed by atoms with E-state index in [-0.39, 0.29) is 29.8 Å². The van der Waals surface area contributed by atoms with Gasteiger partial charge in [-0.15, -0.1) is 0 Å². The maximum Gasteiger partial charge on any atom is 0.268 e. The summed E-state index contributed by atoms with van der Waals surface area (Å²) in [4.78, 5) is 0.116. The Balaban J connectivity index is 1.36. The molecule has 9 nitrogen and oxygen atoms in total. The largest absolute Gasteiger partial charge is 0.416 e. The number of aromatic nitrogens is 1. The molecule has 1 fully saturated rings. The molecule has 5 aromatic carbocycles. The third-order valence-electron chi connectivity index (χ3n) is 11.8. The molecule has 1 aromatic heterocycles. The Bertz CT molecular complexity index is 2390. The SMILES string of the molecule is CC(C)(C)[Si](C)(C)OCCc1c([C@@H]2O[C@@H](COCc3ccccc3)[C@H](OCc3ccccc3)[C@@H](OCc3ccccc3)[C@H]2O)n(S(=O)(=O)c2ccccc2)c2ccccc12. The second kappa shape index (κ2) is 19.1. The number of rotatable bonds is 17. The predicted octanol–water partition coefficient (Wildman–Crippen LogP) is 9.63. The molecule has 5 atom stereocenters. The van der Waals surface area contributed by atoms with Crippen LogP contribution in [0.25, 0.3) is 10.9 Å². The lowest BCUT2D eigenvalue weighted by molar-refractivity contribution is -0.264. The van der Waals surface area contributed by atoms with Crippen molar-refractivity contribution >= 4 is 29.2 Å². The van der Waals surface area contributed by atoms with Crippen molar-refractivity contribution in [1.82, 2.24) is 3.97 Å². The Kier molecular flexibility index (Phi) is 13.9. The van der Waals surface area contributed by atoms with Gasteiger partial charge in [-0.05, 0) is 65.0 Å². The Morgan fingerprint density at radius 2 is 1.18 bits per heavy atom. The molecule has 60 heavy (non-hydrogen) atoms. The number of nitrogens with zero attached hydrogens (tertiary/aromatic N) is 1. The van der Waals surface area contributed by atoms with E-state index in [1.165, 1.54) is 3.97 Å². The van der Waals surface area contributed by atoms with Gasteiger partial charge in [0.05, 0.1) is 42.5 Å². The topological polar surface area (TPSA) is 105 Å². The third-order valence-corrected chi connectivity index (χ3v) is 18.1.